The van der Waals surface area contributed by atoms with Crippen molar-refractivity contribution in [1.29, 1.82) is 0 Å². The van der Waals surface area contributed by atoms with Crippen molar-refractivity contribution in [3.63, 3.8) is 0 Å². The molecule has 2 aromatic rings. The van der Waals surface area contributed by atoms with Crippen LogP contribution in [0.15, 0.2) is 30.3 Å². The van der Waals surface area contributed by atoms with Gasteiger partial charge in [-0.1, -0.05) is 26.0 Å². The fraction of sp³-hybridized carbons (Fsp3) is 0.593. The zero-order chi connectivity index (χ0) is 24.2. The highest BCUT2D eigenvalue weighted by Crippen LogP contribution is 2.29. The molecule has 3 saturated heterocycles. The number of nitrogens with zero attached hydrogens (tertiary/aromatic N) is 5. The monoisotopic (exact) mass is 493 g/mol. The van der Waals surface area contributed by atoms with Crippen molar-refractivity contribution < 1.29 is 0 Å². The van der Waals surface area contributed by atoms with Crippen molar-refractivity contribution in [1.82, 2.24) is 15.3 Å². The van der Waals surface area contributed by atoms with Crippen LogP contribution in [0.25, 0.3) is 0 Å². The molecule has 3 fully saturated rings. The first kappa shape index (κ1) is 24.1. The molecule has 0 aliphatic carbocycles. The van der Waals surface area contributed by atoms with Gasteiger partial charge >= 0.3 is 0 Å². The molecular formula is C27H39N7S. The molecule has 0 saturated carbocycles. The molecular weight excluding hydrogens is 454 g/mol. The minimum absolute atomic E-state index is 0.554. The van der Waals surface area contributed by atoms with Crippen LogP contribution in [0.3, 0.4) is 0 Å². The second kappa shape index (κ2) is 11.0. The summed E-state index contributed by atoms with van der Waals surface area (Å²) in [5.41, 5.74) is 2.52. The summed E-state index contributed by atoms with van der Waals surface area (Å²) in [6.07, 6.45) is 6.30. The Bertz CT molecular complexity index is 989. The molecule has 3 aliphatic heterocycles. The van der Waals surface area contributed by atoms with Crippen molar-refractivity contribution in [2.45, 2.75) is 52.5 Å². The zero-order valence-corrected chi connectivity index (χ0v) is 22.0. The van der Waals surface area contributed by atoms with E-state index in [4.69, 9.17) is 22.2 Å². The van der Waals surface area contributed by atoms with Gasteiger partial charge < -0.3 is 25.3 Å². The molecule has 0 bridgehead atoms. The lowest BCUT2D eigenvalue weighted by Crippen LogP contribution is -2.39. The molecule has 188 valence electrons. The fourth-order valence-electron chi connectivity index (χ4n) is 5.73. The van der Waals surface area contributed by atoms with Gasteiger partial charge in [0.25, 0.3) is 0 Å². The van der Waals surface area contributed by atoms with Crippen LogP contribution in [-0.4, -0.2) is 54.3 Å². The van der Waals surface area contributed by atoms with E-state index in [2.05, 4.69) is 69.5 Å². The van der Waals surface area contributed by atoms with E-state index < -0.39 is 0 Å². The van der Waals surface area contributed by atoms with E-state index in [9.17, 15) is 0 Å². The third kappa shape index (κ3) is 6.15. The Balaban J connectivity index is 1.25. The van der Waals surface area contributed by atoms with Crippen LogP contribution in [-0.2, 0) is 6.54 Å². The Kier molecular flexibility index (Phi) is 7.56. The molecule has 8 heteroatoms. The summed E-state index contributed by atoms with van der Waals surface area (Å²) >= 11 is 5.63. The topological polar surface area (TPSA) is 59.6 Å². The number of hydrogen-bond donors (Lipinski definition) is 2. The van der Waals surface area contributed by atoms with Crippen molar-refractivity contribution in [3.05, 3.63) is 35.9 Å². The van der Waals surface area contributed by atoms with Gasteiger partial charge in [0.2, 0.25) is 5.95 Å². The summed E-state index contributed by atoms with van der Waals surface area (Å²) in [5, 5.41) is 7.16. The number of nitrogens with one attached hydrogen (secondary N) is 2. The predicted octanol–water partition coefficient (Wildman–Crippen LogP) is 4.65. The maximum atomic E-state index is 5.63. The van der Waals surface area contributed by atoms with Crippen LogP contribution < -0.4 is 25.3 Å². The Labute approximate surface area is 215 Å². The number of hydrogen-bond acceptors (Lipinski definition) is 6. The highest BCUT2D eigenvalue weighted by Gasteiger charge is 2.25. The second-order valence-corrected chi connectivity index (χ2v) is 11.0. The highest BCUT2D eigenvalue weighted by molar-refractivity contribution is 7.80. The molecule has 0 amide bonds. The summed E-state index contributed by atoms with van der Waals surface area (Å²) in [6.45, 7) is 11.9. The van der Waals surface area contributed by atoms with Gasteiger partial charge in [0.15, 0.2) is 5.11 Å². The smallest absolute Gasteiger partial charge is 0.232 e. The van der Waals surface area contributed by atoms with E-state index in [1.807, 2.05) is 0 Å². The summed E-state index contributed by atoms with van der Waals surface area (Å²) in [6, 6.07) is 11.0. The van der Waals surface area contributed by atoms with E-state index in [1.165, 1.54) is 56.4 Å². The maximum Gasteiger partial charge on any atom is 0.232 e. The molecule has 0 radical (unpaired) electrons. The molecule has 3 aliphatic rings. The molecule has 2 atom stereocenters. The van der Waals surface area contributed by atoms with Gasteiger partial charge in [-0.2, -0.15) is 9.97 Å². The molecule has 2 N–H and O–H groups in total. The Morgan fingerprint density at radius 1 is 0.857 bits per heavy atom. The fourth-order valence-corrected chi connectivity index (χ4v) is 5.89. The van der Waals surface area contributed by atoms with E-state index >= 15 is 0 Å². The van der Waals surface area contributed by atoms with Crippen LogP contribution in [0.4, 0.5) is 23.3 Å². The lowest BCUT2D eigenvalue weighted by atomic mass is 9.92. The Morgan fingerprint density at radius 3 is 2.06 bits per heavy atom. The van der Waals surface area contributed by atoms with Crippen molar-refractivity contribution in [2.75, 3.05) is 59.3 Å². The van der Waals surface area contributed by atoms with Crippen molar-refractivity contribution >= 4 is 40.6 Å². The normalized spacial score (nSPS) is 22.5. The van der Waals surface area contributed by atoms with E-state index in [-0.39, 0.29) is 0 Å². The maximum absolute atomic E-state index is 5.63. The van der Waals surface area contributed by atoms with Gasteiger partial charge in [-0.15, -0.1) is 0 Å². The summed E-state index contributed by atoms with van der Waals surface area (Å²) in [7, 11) is 0. The number of rotatable bonds is 6. The Morgan fingerprint density at radius 2 is 1.43 bits per heavy atom. The molecule has 2 unspecified atom stereocenters. The molecule has 1 aromatic carbocycles. The summed E-state index contributed by atoms with van der Waals surface area (Å²) in [5.74, 6) is 3.92. The number of aromatic nitrogens is 2. The average Bonchev–Trinajstić information content (AvgIpc) is 3.57. The molecule has 35 heavy (non-hydrogen) atoms. The minimum atomic E-state index is 0.554. The van der Waals surface area contributed by atoms with E-state index in [0.717, 1.165) is 37.8 Å². The molecule has 5 rings (SSSR count). The van der Waals surface area contributed by atoms with Crippen LogP contribution in [0.2, 0.25) is 0 Å². The first-order valence-electron chi connectivity index (χ1n) is 13.3. The van der Waals surface area contributed by atoms with Crippen molar-refractivity contribution in [3.8, 4) is 0 Å². The van der Waals surface area contributed by atoms with Crippen LogP contribution >= 0.6 is 12.2 Å². The third-order valence-corrected chi connectivity index (χ3v) is 7.65. The SMILES string of the molecule is CC1CC(C)CN(c2cc(N3CCCC3)nc(NC(=S)NCc3ccc(N4CCCC4)cc3)n2)C1. The van der Waals surface area contributed by atoms with Crippen LogP contribution in [0.1, 0.15) is 51.5 Å². The van der Waals surface area contributed by atoms with Gasteiger partial charge in [-0.3, -0.25) is 0 Å². The Hall–Kier alpha value is -2.61. The van der Waals surface area contributed by atoms with Crippen LogP contribution in [0.5, 0.6) is 0 Å². The predicted molar refractivity (Wildman–Crippen MR) is 150 cm³/mol. The number of benzene rings is 1. The van der Waals surface area contributed by atoms with Gasteiger partial charge in [0.1, 0.15) is 11.6 Å². The van der Waals surface area contributed by atoms with E-state index in [0.29, 0.717) is 29.4 Å². The average molecular weight is 494 g/mol. The lowest BCUT2D eigenvalue weighted by Gasteiger charge is -2.36. The molecule has 1 aromatic heterocycles. The molecule has 7 nitrogen and oxygen atoms in total. The number of anilines is 4. The zero-order valence-electron chi connectivity index (χ0n) is 21.2. The molecule has 4 heterocycles. The quantitative estimate of drug-likeness (QED) is 0.564. The van der Waals surface area contributed by atoms with Gasteiger partial charge in [0, 0.05) is 57.6 Å². The largest absolute Gasteiger partial charge is 0.372 e. The second-order valence-electron chi connectivity index (χ2n) is 10.6. The lowest BCUT2D eigenvalue weighted by molar-refractivity contribution is 0.355. The first-order valence-corrected chi connectivity index (χ1v) is 13.7. The van der Waals surface area contributed by atoms with E-state index in [1.54, 1.807) is 0 Å². The van der Waals surface area contributed by atoms with Gasteiger partial charge in [-0.05, 0) is 73.9 Å². The summed E-state index contributed by atoms with van der Waals surface area (Å²) < 4.78 is 0. The minimum Gasteiger partial charge on any atom is -0.372 e. The van der Waals surface area contributed by atoms with Gasteiger partial charge in [-0.25, -0.2) is 0 Å². The number of piperidine rings is 1. The van der Waals surface area contributed by atoms with Crippen molar-refractivity contribution in [2.24, 2.45) is 11.8 Å². The first-order chi connectivity index (χ1) is 17.0. The highest BCUT2D eigenvalue weighted by atomic mass is 32.1. The van der Waals surface area contributed by atoms with Gasteiger partial charge in [0.05, 0.1) is 0 Å². The molecule has 0 spiro atoms. The van der Waals surface area contributed by atoms with Crippen LogP contribution in [0, 0.1) is 11.8 Å². The standard InChI is InChI=1S/C27H39N7S/c1-20-15-21(2)19-34(18-20)25-16-24(33-13-5-6-14-33)29-26(30-25)31-27(35)28-17-22-7-9-23(10-8-22)32-11-3-4-12-32/h7-10,16,20-21H,3-6,11-15,17-19H2,1-2H3,(H2,28,29,30,31,35). The third-order valence-electron chi connectivity index (χ3n) is 7.41. The number of thiocarbonyl (C=S) groups is 1. The summed E-state index contributed by atoms with van der Waals surface area (Å²) in [4.78, 5) is 17.0.